The topological polar surface area (TPSA) is 92.4 Å². The third-order valence-electron chi connectivity index (χ3n) is 3.54. The molecule has 1 heterocycles. The number of amides is 1. The van der Waals surface area contributed by atoms with E-state index in [9.17, 15) is 14.0 Å². The molecule has 0 radical (unpaired) electrons. The maximum absolute atomic E-state index is 13.5. The summed E-state index contributed by atoms with van der Waals surface area (Å²) in [5, 5.41) is 12.0. The zero-order valence-electron chi connectivity index (χ0n) is 11.1. The van der Waals surface area contributed by atoms with Crippen LogP contribution < -0.4 is 11.1 Å². The summed E-state index contributed by atoms with van der Waals surface area (Å²) >= 11 is 6.07. The molecule has 0 saturated heterocycles. The Morgan fingerprint density at radius 1 is 1.32 bits per heavy atom. The molecule has 0 bridgehead atoms. The molecule has 0 aliphatic carbocycles. The average Bonchev–Trinajstić information content (AvgIpc) is 2.79. The van der Waals surface area contributed by atoms with Crippen LogP contribution in [0, 0.1) is 5.82 Å². The van der Waals surface area contributed by atoms with Crippen molar-refractivity contribution >= 4 is 29.2 Å². The molecule has 1 aliphatic rings. The van der Waals surface area contributed by atoms with Gasteiger partial charge in [0.1, 0.15) is 5.82 Å². The maximum atomic E-state index is 13.5. The van der Waals surface area contributed by atoms with E-state index in [1.165, 1.54) is 30.3 Å². The highest BCUT2D eigenvalue weighted by Crippen LogP contribution is 2.38. The monoisotopic (exact) mass is 320 g/mol. The smallest absolute Gasteiger partial charge is 0.335 e. The molecule has 0 aromatic heterocycles. The summed E-state index contributed by atoms with van der Waals surface area (Å²) in [6.45, 7) is 0. The van der Waals surface area contributed by atoms with Gasteiger partial charge in [0.2, 0.25) is 0 Å². The molecule has 2 aromatic rings. The van der Waals surface area contributed by atoms with E-state index in [1.54, 1.807) is 0 Å². The molecule has 0 saturated carbocycles. The van der Waals surface area contributed by atoms with Gasteiger partial charge in [-0.25, -0.2) is 9.18 Å². The normalized spacial score (nSPS) is 16.3. The first-order valence-electron chi connectivity index (χ1n) is 6.31. The largest absolute Gasteiger partial charge is 0.478 e. The summed E-state index contributed by atoms with van der Waals surface area (Å²) < 4.78 is 13.5. The number of benzene rings is 2. The van der Waals surface area contributed by atoms with Gasteiger partial charge < -0.3 is 16.2 Å². The van der Waals surface area contributed by atoms with Crippen LogP contribution in [-0.2, 0) is 0 Å². The average molecular weight is 321 g/mol. The van der Waals surface area contributed by atoms with E-state index in [0.717, 1.165) is 0 Å². The first-order valence-corrected chi connectivity index (χ1v) is 6.69. The van der Waals surface area contributed by atoms with Gasteiger partial charge in [0.05, 0.1) is 11.6 Å². The molecule has 3 rings (SSSR count). The number of nitrogen functional groups attached to an aromatic ring is 1. The van der Waals surface area contributed by atoms with Gasteiger partial charge in [-0.1, -0.05) is 11.6 Å². The minimum Gasteiger partial charge on any atom is -0.478 e. The summed E-state index contributed by atoms with van der Waals surface area (Å²) in [4.78, 5) is 23.1. The van der Waals surface area contributed by atoms with E-state index in [1.807, 2.05) is 0 Å². The number of carboxylic acid groups (broad SMARTS) is 1. The minimum absolute atomic E-state index is 0.0858. The number of carbonyl (C=O) groups is 2. The molecular formula is C15H10ClFN2O3. The lowest BCUT2D eigenvalue weighted by Crippen LogP contribution is -2.20. The number of fused-ring (bicyclic) bond motifs is 1. The number of halogens is 2. The molecule has 2 aromatic carbocycles. The summed E-state index contributed by atoms with van der Waals surface area (Å²) in [6, 6.07) is 5.61. The van der Waals surface area contributed by atoms with Crippen LogP contribution in [0.25, 0.3) is 0 Å². The van der Waals surface area contributed by atoms with Gasteiger partial charge in [0, 0.05) is 27.4 Å². The second-order valence-electron chi connectivity index (χ2n) is 4.90. The highest BCUT2D eigenvalue weighted by molar-refractivity contribution is 6.31. The van der Waals surface area contributed by atoms with Crippen molar-refractivity contribution in [3.63, 3.8) is 0 Å². The number of hydrogen-bond donors (Lipinski definition) is 3. The van der Waals surface area contributed by atoms with E-state index in [0.29, 0.717) is 11.1 Å². The second kappa shape index (κ2) is 4.99. The second-order valence-corrected chi connectivity index (χ2v) is 5.31. The van der Waals surface area contributed by atoms with Crippen molar-refractivity contribution in [3.05, 3.63) is 63.4 Å². The van der Waals surface area contributed by atoms with Crippen LogP contribution in [0.2, 0.25) is 5.02 Å². The fourth-order valence-electron chi connectivity index (χ4n) is 2.56. The highest BCUT2D eigenvalue weighted by atomic mass is 35.5. The molecule has 112 valence electrons. The zero-order valence-corrected chi connectivity index (χ0v) is 11.8. The number of carboxylic acids is 1. The SMILES string of the molecule is Nc1cc(C(=O)O)cc2c1[C@H](c1cc(F)ccc1Cl)NC2=O. The number of anilines is 1. The van der Waals surface area contributed by atoms with E-state index in [4.69, 9.17) is 22.4 Å². The molecule has 22 heavy (non-hydrogen) atoms. The molecule has 4 N–H and O–H groups in total. The highest BCUT2D eigenvalue weighted by Gasteiger charge is 2.34. The summed E-state index contributed by atoms with van der Waals surface area (Å²) in [6.07, 6.45) is 0. The lowest BCUT2D eigenvalue weighted by atomic mass is 9.95. The van der Waals surface area contributed by atoms with Crippen molar-refractivity contribution < 1.29 is 19.1 Å². The molecule has 0 spiro atoms. The first-order chi connectivity index (χ1) is 10.4. The molecule has 1 atom stereocenters. The van der Waals surface area contributed by atoms with Crippen molar-refractivity contribution in [2.45, 2.75) is 6.04 Å². The molecule has 1 amide bonds. The maximum Gasteiger partial charge on any atom is 0.335 e. The molecule has 5 nitrogen and oxygen atoms in total. The van der Waals surface area contributed by atoms with Crippen LogP contribution in [0.4, 0.5) is 10.1 Å². The molecular weight excluding hydrogens is 311 g/mol. The van der Waals surface area contributed by atoms with Crippen LogP contribution in [0.3, 0.4) is 0 Å². The third-order valence-corrected chi connectivity index (χ3v) is 3.88. The quantitative estimate of drug-likeness (QED) is 0.742. The Morgan fingerprint density at radius 2 is 2.05 bits per heavy atom. The van der Waals surface area contributed by atoms with Gasteiger partial charge in [-0.15, -0.1) is 0 Å². The van der Waals surface area contributed by atoms with Crippen molar-refractivity contribution in [2.24, 2.45) is 0 Å². The predicted octanol–water partition coefficient (Wildman–Crippen LogP) is 2.59. The number of carbonyl (C=O) groups excluding carboxylic acids is 1. The Hall–Kier alpha value is -2.60. The summed E-state index contributed by atoms with van der Waals surface area (Å²) in [5.74, 6) is -2.16. The van der Waals surface area contributed by atoms with Crippen LogP contribution in [0.5, 0.6) is 0 Å². The minimum atomic E-state index is -1.19. The number of nitrogens with one attached hydrogen (secondary N) is 1. The van der Waals surface area contributed by atoms with E-state index < -0.39 is 23.7 Å². The number of aromatic carboxylic acids is 1. The van der Waals surface area contributed by atoms with Crippen molar-refractivity contribution in [1.29, 1.82) is 0 Å². The van der Waals surface area contributed by atoms with Crippen molar-refractivity contribution in [1.82, 2.24) is 5.32 Å². The van der Waals surface area contributed by atoms with Crippen LogP contribution in [0.1, 0.15) is 37.9 Å². The van der Waals surface area contributed by atoms with E-state index >= 15 is 0 Å². The Labute approximate surface area is 129 Å². The zero-order chi connectivity index (χ0) is 16.0. The standard InChI is InChI=1S/C15H10ClFN2O3/c16-10-2-1-7(17)5-8(10)13-12-9(14(20)19-13)3-6(15(21)22)4-11(12)18/h1-5,13H,18H2,(H,19,20)(H,21,22)/t13-/m0/s1. The van der Waals surface area contributed by atoms with Gasteiger partial charge in [-0.2, -0.15) is 0 Å². The Balaban J connectivity index is 2.20. The number of hydrogen-bond acceptors (Lipinski definition) is 3. The van der Waals surface area contributed by atoms with Crippen LogP contribution in [0.15, 0.2) is 30.3 Å². The Kier molecular flexibility index (Phi) is 3.26. The summed E-state index contributed by atoms with van der Waals surface area (Å²) in [7, 11) is 0. The van der Waals surface area contributed by atoms with Crippen LogP contribution >= 0.6 is 11.6 Å². The van der Waals surface area contributed by atoms with E-state index in [-0.39, 0.29) is 21.8 Å². The molecule has 1 aliphatic heterocycles. The number of nitrogens with two attached hydrogens (primary N) is 1. The van der Waals surface area contributed by atoms with E-state index in [2.05, 4.69) is 5.32 Å². The fraction of sp³-hybridized carbons (Fsp3) is 0.0667. The molecule has 7 heteroatoms. The van der Waals surface area contributed by atoms with Gasteiger partial charge in [-0.3, -0.25) is 4.79 Å². The summed E-state index contributed by atoms with van der Waals surface area (Å²) in [5.41, 5.74) is 6.87. The van der Waals surface area contributed by atoms with Crippen LogP contribution in [-0.4, -0.2) is 17.0 Å². The molecule has 0 fully saturated rings. The third kappa shape index (κ3) is 2.17. The first kappa shape index (κ1) is 14.3. The van der Waals surface area contributed by atoms with Gasteiger partial charge in [0.25, 0.3) is 5.91 Å². The lowest BCUT2D eigenvalue weighted by Gasteiger charge is -2.16. The predicted molar refractivity (Wildman–Crippen MR) is 78.5 cm³/mol. The molecule has 0 unspecified atom stereocenters. The van der Waals surface area contributed by atoms with Crippen molar-refractivity contribution in [2.75, 3.05) is 5.73 Å². The van der Waals surface area contributed by atoms with Gasteiger partial charge in [0.15, 0.2) is 0 Å². The number of rotatable bonds is 2. The van der Waals surface area contributed by atoms with Crippen molar-refractivity contribution in [3.8, 4) is 0 Å². The Bertz CT molecular complexity index is 823. The Morgan fingerprint density at radius 3 is 2.73 bits per heavy atom. The van der Waals surface area contributed by atoms with Gasteiger partial charge >= 0.3 is 5.97 Å². The lowest BCUT2D eigenvalue weighted by molar-refractivity contribution is 0.0697. The van der Waals surface area contributed by atoms with Gasteiger partial charge in [-0.05, 0) is 30.3 Å². The fourth-order valence-corrected chi connectivity index (χ4v) is 2.79.